The Morgan fingerprint density at radius 3 is 2.73 bits per heavy atom. The van der Waals surface area contributed by atoms with E-state index < -0.39 is 0 Å². The average Bonchev–Trinajstić information content (AvgIpc) is 3.34. The molecule has 0 aliphatic rings. The molecular formula is C26H20N4. The third-order valence-corrected chi connectivity index (χ3v) is 5.32. The average molecular weight is 388 g/mol. The zero-order chi connectivity index (χ0) is 20.5. The molecule has 0 aliphatic heterocycles. The molecule has 0 atom stereocenters. The van der Waals surface area contributed by atoms with Gasteiger partial charge in [-0.05, 0) is 36.8 Å². The van der Waals surface area contributed by atoms with Crippen molar-refractivity contribution in [1.29, 1.82) is 5.26 Å². The summed E-state index contributed by atoms with van der Waals surface area (Å²) in [6.07, 6.45) is 4.04. The Bertz CT molecular complexity index is 1410. The fourth-order valence-electron chi connectivity index (χ4n) is 3.92. The van der Waals surface area contributed by atoms with E-state index in [1.807, 2.05) is 42.5 Å². The largest absolute Gasteiger partial charge is 0.342 e. The smallest absolute Gasteiger partial charge is 0.149 e. The van der Waals surface area contributed by atoms with E-state index in [0.29, 0.717) is 11.4 Å². The summed E-state index contributed by atoms with van der Waals surface area (Å²) in [7, 11) is 0. The third kappa shape index (κ3) is 3.27. The maximum atomic E-state index is 9.83. The summed E-state index contributed by atoms with van der Waals surface area (Å²) < 4.78 is 2.24. The van der Waals surface area contributed by atoms with Crippen LogP contribution in [0.1, 0.15) is 22.5 Å². The molecule has 4 nitrogen and oxygen atoms in total. The summed E-state index contributed by atoms with van der Waals surface area (Å²) in [6, 6.07) is 27.0. The van der Waals surface area contributed by atoms with E-state index in [4.69, 9.17) is 0 Å². The van der Waals surface area contributed by atoms with Crippen LogP contribution < -0.4 is 0 Å². The number of hydrogen-bond donors (Lipinski definition) is 1. The molecule has 2 aromatic heterocycles. The lowest BCUT2D eigenvalue weighted by Gasteiger charge is -2.06. The molecule has 0 bridgehead atoms. The van der Waals surface area contributed by atoms with Crippen LogP contribution in [0.2, 0.25) is 0 Å². The second-order valence-corrected chi connectivity index (χ2v) is 7.49. The van der Waals surface area contributed by atoms with Gasteiger partial charge in [0.1, 0.15) is 11.9 Å². The highest BCUT2D eigenvalue weighted by atomic mass is 15.0. The number of fused-ring (bicyclic) bond motifs is 2. The van der Waals surface area contributed by atoms with Crippen LogP contribution in [0, 0.1) is 18.3 Å². The van der Waals surface area contributed by atoms with Gasteiger partial charge in [-0.2, -0.15) is 5.26 Å². The van der Waals surface area contributed by atoms with Crippen molar-refractivity contribution in [2.45, 2.75) is 13.5 Å². The molecule has 0 unspecified atom stereocenters. The molecule has 0 spiro atoms. The molecule has 5 aromatic rings. The first-order valence-electron chi connectivity index (χ1n) is 9.91. The molecule has 0 aliphatic carbocycles. The van der Waals surface area contributed by atoms with Crippen LogP contribution in [0.5, 0.6) is 0 Å². The van der Waals surface area contributed by atoms with E-state index in [0.717, 1.165) is 34.0 Å². The molecule has 3 aromatic carbocycles. The molecule has 0 saturated carbocycles. The predicted octanol–water partition coefficient (Wildman–Crippen LogP) is 5.94. The van der Waals surface area contributed by atoms with Gasteiger partial charge in [0, 0.05) is 29.2 Å². The van der Waals surface area contributed by atoms with E-state index in [-0.39, 0.29) is 0 Å². The summed E-state index contributed by atoms with van der Waals surface area (Å²) in [5.41, 5.74) is 6.96. The van der Waals surface area contributed by atoms with Crippen LogP contribution in [0.25, 0.3) is 33.6 Å². The molecule has 2 heterocycles. The monoisotopic (exact) mass is 388 g/mol. The number of hydrogen-bond acceptors (Lipinski definition) is 2. The third-order valence-electron chi connectivity index (χ3n) is 5.32. The second kappa shape index (κ2) is 7.38. The molecule has 5 rings (SSSR count). The van der Waals surface area contributed by atoms with E-state index in [9.17, 15) is 5.26 Å². The Labute approximate surface area is 174 Å². The van der Waals surface area contributed by atoms with Crippen molar-refractivity contribution in [1.82, 2.24) is 14.5 Å². The molecule has 30 heavy (non-hydrogen) atoms. The first-order chi connectivity index (χ1) is 14.7. The predicted molar refractivity (Wildman–Crippen MR) is 122 cm³/mol. The first-order valence-corrected chi connectivity index (χ1v) is 9.91. The summed E-state index contributed by atoms with van der Waals surface area (Å²) in [6.45, 7) is 2.89. The van der Waals surface area contributed by atoms with Crippen molar-refractivity contribution >= 4 is 33.6 Å². The lowest BCUT2D eigenvalue weighted by Crippen LogP contribution is -1.97. The number of aromatic nitrogens is 3. The van der Waals surface area contributed by atoms with Crippen LogP contribution in [0.15, 0.2) is 79.0 Å². The molecular weight excluding hydrogens is 368 g/mol. The van der Waals surface area contributed by atoms with Gasteiger partial charge in [0.05, 0.1) is 16.6 Å². The summed E-state index contributed by atoms with van der Waals surface area (Å²) in [5.74, 6) is 0.592. The first kappa shape index (κ1) is 18.0. The Balaban J connectivity index is 1.60. The number of imidazole rings is 1. The Hall–Kier alpha value is -4.10. The molecule has 144 valence electrons. The topological polar surface area (TPSA) is 57.4 Å². The number of H-pyrrole nitrogens is 1. The quantitative estimate of drug-likeness (QED) is 0.387. The number of para-hydroxylation sites is 3. The summed E-state index contributed by atoms with van der Waals surface area (Å²) in [4.78, 5) is 7.85. The molecule has 0 radical (unpaired) electrons. The van der Waals surface area contributed by atoms with E-state index in [2.05, 4.69) is 70.1 Å². The van der Waals surface area contributed by atoms with Gasteiger partial charge in [0.15, 0.2) is 0 Å². The van der Waals surface area contributed by atoms with Gasteiger partial charge in [-0.3, -0.25) is 0 Å². The molecule has 0 fully saturated rings. The normalized spacial score (nSPS) is 11.8. The van der Waals surface area contributed by atoms with Crippen molar-refractivity contribution in [3.05, 3.63) is 102 Å². The highest BCUT2D eigenvalue weighted by Gasteiger charge is 2.12. The number of benzene rings is 3. The number of rotatable bonds is 4. The van der Waals surface area contributed by atoms with Crippen LogP contribution in [-0.2, 0) is 6.54 Å². The van der Waals surface area contributed by atoms with Gasteiger partial charge >= 0.3 is 0 Å². The van der Waals surface area contributed by atoms with E-state index in [1.54, 1.807) is 0 Å². The number of nitrogens with zero attached hydrogens (tertiary/aromatic N) is 3. The van der Waals surface area contributed by atoms with Gasteiger partial charge in [0.2, 0.25) is 0 Å². The maximum Gasteiger partial charge on any atom is 0.149 e. The molecule has 4 heteroatoms. The minimum atomic E-state index is 0.518. The minimum absolute atomic E-state index is 0.518. The zero-order valence-electron chi connectivity index (χ0n) is 16.6. The Morgan fingerprint density at radius 2 is 1.90 bits per heavy atom. The van der Waals surface area contributed by atoms with Crippen molar-refractivity contribution in [3.8, 4) is 6.07 Å². The fraction of sp³-hybridized carbons (Fsp3) is 0.0769. The second-order valence-electron chi connectivity index (χ2n) is 7.49. The van der Waals surface area contributed by atoms with Crippen LogP contribution >= 0.6 is 0 Å². The van der Waals surface area contributed by atoms with Crippen LogP contribution in [0.3, 0.4) is 0 Å². The minimum Gasteiger partial charge on any atom is -0.342 e. The number of nitriles is 1. The highest BCUT2D eigenvalue weighted by Crippen LogP contribution is 2.27. The van der Waals surface area contributed by atoms with Gasteiger partial charge in [-0.25, -0.2) is 4.98 Å². The van der Waals surface area contributed by atoms with Gasteiger partial charge in [0.25, 0.3) is 0 Å². The van der Waals surface area contributed by atoms with Gasteiger partial charge in [-0.1, -0.05) is 60.2 Å². The number of nitrogens with one attached hydrogen (secondary N) is 1. The Kier molecular flexibility index (Phi) is 4.42. The fourth-order valence-corrected chi connectivity index (χ4v) is 3.92. The lowest BCUT2D eigenvalue weighted by atomic mass is 10.1. The van der Waals surface area contributed by atoms with Crippen molar-refractivity contribution in [2.75, 3.05) is 0 Å². The lowest BCUT2D eigenvalue weighted by molar-refractivity contribution is 0.835. The van der Waals surface area contributed by atoms with Crippen molar-refractivity contribution < 1.29 is 0 Å². The SMILES string of the molecule is Cc1cccc(Cn2cc(C=C(C#N)c3nc4ccccc4[nH]3)c3ccccc32)c1. The number of aryl methyl sites for hydroxylation is 1. The zero-order valence-corrected chi connectivity index (χ0v) is 16.6. The highest BCUT2D eigenvalue weighted by molar-refractivity contribution is 5.98. The Morgan fingerprint density at radius 1 is 1.07 bits per heavy atom. The standard InChI is InChI=1S/C26H20N4/c1-18-7-6-8-19(13-18)16-30-17-21(22-9-2-5-12-25(22)30)14-20(15-27)26-28-23-10-3-4-11-24(23)29-26/h2-14,17H,16H2,1H3,(H,28,29). The van der Waals surface area contributed by atoms with E-state index in [1.165, 1.54) is 11.1 Å². The maximum absolute atomic E-state index is 9.83. The van der Waals surface area contributed by atoms with Gasteiger partial charge < -0.3 is 9.55 Å². The van der Waals surface area contributed by atoms with Crippen molar-refractivity contribution in [2.24, 2.45) is 0 Å². The number of aromatic amines is 1. The van der Waals surface area contributed by atoms with E-state index >= 15 is 0 Å². The molecule has 1 N–H and O–H groups in total. The number of allylic oxidation sites excluding steroid dienone is 1. The molecule has 0 saturated heterocycles. The van der Waals surface area contributed by atoms with Crippen molar-refractivity contribution in [3.63, 3.8) is 0 Å². The van der Waals surface area contributed by atoms with Crippen LogP contribution in [-0.4, -0.2) is 14.5 Å². The van der Waals surface area contributed by atoms with Crippen LogP contribution in [0.4, 0.5) is 0 Å². The van der Waals surface area contributed by atoms with Gasteiger partial charge in [-0.15, -0.1) is 0 Å². The molecule has 0 amide bonds. The summed E-state index contributed by atoms with van der Waals surface area (Å²) in [5, 5.41) is 10.9. The summed E-state index contributed by atoms with van der Waals surface area (Å²) >= 11 is 0.